The summed E-state index contributed by atoms with van der Waals surface area (Å²) in [6, 6.07) is -2.26. The van der Waals surface area contributed by atoms with Crippen LogP contribution in [-0.2, 0) is 38.0 Å². The normalized spacial score (nSPS) is 32.4. The van der Waals surface area contributed by atoms with Gasteiger partial charge in [-0.1, -0.05) is 65.3 Å². The Hall–Kier alpha value is -2.55. The van der Waals surface area contributed by atoms with Gasteiger partial charge in [0.05, 0.1) is 44.6 Å². The minimum atomic E-state index is -1.96. The Morgan fingerprint density at radius 1 is 0.574 bits per heavy atom. The summed E-state index contributed by atoms with van der Waals surface area (Å²) in [7, 11) is -4.95. The Labute approximate surface area is 402 Å². The van der Waals surface area contributed by atoms with Crippen molar-refractivity contribution < 1.29 is 88.1 Å². The smallest absolute Gasteiger partial charge is 0.407 e. The van der Waals surface area contributed by atoms with Gasteiger partial charge in [-0.05, 0) is 43.9 Å². The summed E-state index contributed by atoms with van der Waals surface area (Å²) in [6.45, 7) is 18.3. The van der Waals surface area contributed by atoms with E-state index in [1.54, 1.807) is 0 Å². The van der Waals surface area contributed by atoms with E-state index in [1.807, 2.05) is 0 Å². The number of rotatable bonds is 24. The molecule has 3 fully saturated rings. The molecule has 0 radical (unpaired) electrons. The molecule has 2 saturated heterocycles. The Morgan fingerprint density at radius 2 is 1.03 bits per heavy atom. The van der Waals surface area contributed by atoms with Gasteiger partial charge in [0.1, 0.15) is 61.0 Å². The maximum Gasteiger partial charge on any atom is 0.407 e. The fourth-order valence-corrected chi connectivity index (χ4v) is 9.68. The number of aliphatic hydroxyl groups excluding tert-OH is 7. The molecule has 23 nitrogen and oxygen atoms in total. The summed E-state index contributed by atoms with van der Waals surface area (Å²) in [5.74, 6) is -0.368. The van der Waals surface area contributed by atoms with Gasteiger partial charge in [-0.15, -0.1) is 0 Å². The summed E-state index contributed by atoms with van der Waals surface area (Å²) >= 11 is 0. The van der Waals surface area contributed by atoms with Crippen LogP contribution < -0.4 is 27.0 Å². The van der Waals surface area contributed by atoms with Crippen LogP contribution in [0.3, 0.4) is 0 Å². The van der Waals surface area contributed by atoms with E-state index < -0.39 is 141 Å². The topological polar surface area (TPSA) is 349 Å². The van der Waals surface area contributed by atoms with Gasteiger partial charge in [0, 0.05) is 37.2 Å². The zero-order chi connectivity index (χ0) is 51.1. The van der Waals surface area contributed by atoms with Crippen LogP contribution in [0.2, 0.25) is 77.1 Å². The highest BCUT2D eigenvalue weighted by atomic mass is 28.3. The largest absolute Gasteiger partial charge is 0.450 e. The molecule has 396 valence electrons. The van der Waals surface area contributed by atoms with Gasteiger partial charge in [0.2, 0.25) is 5.91 Å². The van der Waals surface area contributed by atoms with Gasteiger partial charge in [-0.3, -0.25) is 4.79 Å². The number of carbonyl (C=O) groups is 4. The van der Waals surface area contributed by atoms with Crippen molar-refractivity contribution in [3.63, 3.8) is 0 Å². The number of hydrogen-bond donors (Lipinski definition) is 12. The minimum Gasteiger partial charge on any atom is -0.450 e. The summed E-state index contributed by atoms with van der Waals surface area (Å²) in [6.07, 6.45) is -21.8. The molecule has 0 aromatic heterocycles. The van der Waals surface area contributed by atoms with Crippen LogP contribution >= 0.6 is 0 Å². The molecule has 0 bridgehead atoms. The van der Waals surface area contributed by atoms with Crippen molar-refractivity contribution in [1.29, 1.82) is 0 Å². The molecule has 4 amide bonds. The lowest BCUT2D eigenvalue weighted by Gasteiger charge is -2.49. The van der Waals surface area contributed by atoms with Crippen LogP contribution in [0.15, 0.2) is 0 Å². The van der Waals surface area contributed by atoms with Crippen molar-refractivity contribution in [2.24, 2.45) is 5.73 Å². The first-order chi connectivity index (χ1) is 31.6. The summed E-state index contributed by atoms with van der Waals surface area (Å²) in [5.41, 5.74) is 5.54. The van der Waals surface area contributed by atoms with E-state index in [4.69, 9.17) is 38.9 Å². The summed E-state index contributed by atoms with van der Waals surface area (Å²) in [5, 5.41) is 88.8. The van der Waals surface area contributed by atoms with Crippen molar-refractivity contribution in [2.45, 2.75) is 201 Å². The third-order valence-electron chi connectivity index (χ3n) is 11.9. The molecule has 2 heterocycles. The summed E-state index contributed by atoms with van der Waals surface area (Å²) in [4.78, 5) is 52.4. The quantitative estimate of drug-likeness (QED) is 0.0336. The van der Waals surface area contributed by atoms with E-state index in [0.717, 1.165) is 12.8 Å². The first-order valence-electron chi connectivity index (χ1n) is 23.7. The van der Waals surface area contributed by atoms with Crippen LogP contribution in [0.4, 0.5) is 14.4 Å². The maximum atomic E-state index is 13.4. The molecule has 26 heteroatoms. The summed E-state index contributed by atoms with van der Waals surface area (Å²) < 4.78 is 40.5. The second kappa shape index (κ2) is 27.3. The van der Waals surface area contributed by atoms with Gasteiger partial charge in [-0.2, -0.15) is 0 Å². The van der Waals surface area contributed by atoms with Crippen molar-refractivity contribution >= 4 is 48.4 Å². The van der Waals surface area contributed by atoms with Gasteiger partial charge in [0.15, 0.2) is 12.6 Å². The van der Waals surface area contributed by atoms with Crippen molar-refractivity contribution in [2.75, 3.05) is 39.5 Å². The highest BCUT2D eigenvalue weighted by Gasteiger charge is 2.54. The van der Waals surface area contributed by atoms with Crippen LogP contribution in [0.5, 0.6) is 0 Å². The molecular formula is C42H83N5O18Si3. The highest BCUT2D eigenvalue weighted by Crippen LogP contribution is 2.33. The second-order valence-electron chi connectivity index (χ2n) is 21.6. The number of hydrogen-bond acceptors (Lipinski definition) is 19. The number of ether oxygens (including phenoxy) is 7. The molecule has 0 unspecified atom stereocenters. The SMILES string of the molecule is C[Si](C)(C)CCOC(=O)N[C@@H]1[C@@H](O)[C@@H](O[C@@H]2[C@@H](O)[C@H](O[C@H]3O[C@H](CNC(=O)CCCCCN)[C@@H](O)[C@H](O)[C@H]3O)[C@@H](NC(=O)OCC[Si](C)(C)C)C[C@H]2NC(=O)OCC[Si](C)(C)C)O[C@H](CO)[C@H]1O. The highest BCUT2D eigenvalue weighted by molar-refractivity contribution is 6.76. The van der Waals surface area contributed by atoms with Crippen LogP contribution in [0.1, 0.15) is 32.1 Å². The number of amides is 4. The molecule has 1 aliphatic carbocycles. The number of aliphatic hydroxyl groups is 7. The first kappa shape index (κ1) is 59.8. The van der Waals surface area contributed by atoms with Crippen molar-refractivity contribution in [3.05, 3.63) is 0 Å². The molecule has 1 saturated carbocycles. The Morgan fingerprint density at radius 3 is 1.49 bits per heavy atom. The van der Waals surface area contributed by atoms with Gasteiger partial charge < -0.3 is 95.9 Å². The Bertz CT molecular complexity index is 1580. The van der Waals surface area contributed by atoms with Gasteiger partial charge >= 0.3 is 18.3 Å². The number of nitrogens with two attached hydrogens (primary N) is 1. The lowest BCUT2D eigenvalue weighted by Crippen LogP contribution is -2.70. The standard InChI is InChI=1S/C42H83N5O18Si3/c1-66(2,3)18-15-59-40(56)45-24-21-25(46-41(57)60-16-19-67(4,5)6)37(65-39-34(54)33(53)31(51)26(62-39)22-44-28(49)13-11-10-12-14-43)35(55)36(24)64-38-32(52)29(30(50)27(23-48)63-38)47-42(58)61-17-20-68(7,8)9/h24-27,29-39,48,50-55H,10-23,43H2,1-9H3,(H,44,49)(H,45,56)(H,46,57)(H,47,58)/t24-,25+,26-,27-,29+,30-,31-,32-,33+,34-,35-,36+,37-,38-,39-/m1/s1. The average Bonchev–Trinajstić information content (AvgIpc) is 3.22. The van der Waals surface area contributed by atoms with Crippen LogP contribution in [-0.4, -0.2) is 215 Å². The van der Waals surface area contributed by atoms with Crippen molar-refractivity contribution in [3.8, 4) is 0 Å². The fourth-order valence-electron chi connectivity index (χ4n) is 7.54. The lowest BCUT2D eigenvalue weighted by molar-refractivity contribution is -0.334. The van der Waals surface area contributed by atoms with E-state index >= 15 is 0 Å². The van der Waals surface area contributed by atoms with Gasteiger partial charge in [0.25, 0.3) is 0 Å². The zero-order valence-electron chi connectivity index (χ0n) is 41.3. The Kier molecular flexibility index (Phi) is 24.0. The molecular weight excluding hydrogens is 947 g/mol. The van der Waals surface area contributed by atoms with E-state index in [2.05, 4.69) is 80.2 Å². The molecule has 13 N–H and O–H groups in total. The van der Waals surface area contributed by atoms with Crippen LogP contribution in [0.25, 0.3) is 0 Å². The third-order valence-corrected chi connectivity index (χ3v) is 17.0. The molecule has 0 spiro atoms. The fraction of sp³-hybridized carbons (Fsp3) is 0.905. The minimum absolute atomic E-state index is 0.0576. The maximum absolute atomic E-state index is 13.4. The van der Waals surface area contributed by atoms with Crippen LogP contribution in [0, 0.1) is 0 Å². The number of alkyl carbamates (subject to hydrolysis) is 3. The zero-order valence-corrected chi connectivity index (χ0v) is 44.3. The predicted octanol–water partition coefficient (Wildman–Crippen LogP) is -0.298. The molecule has 3 aliphatic rings. The van der Waals surface area contributed by atoms with E-state index in [-0.39, 0.29) is 45.1 Å². The lowest BCUT2D eigenvalue weighted by atomic mass is 9.83. The molecule has 68 heavy (non-hydrogen) atoms. The Balaban J connectivity index is 2.00. The monoisotopic (exact) mass is 1030 g/mol. The molecule has 3 rings (SSSR count). The predicted molar refractivity (Wildman–Crippen MR) is 255 cm³/mol. The van der Waals surface area contributed by atoms with E-state index in [1.165, 1.54) is 0 Å². The van der Waals surface area contributed by atoms with Crippen molar-refractivity contribution in [1.82, 2.24) is 21.3 Å². The first-order valence-corrected chi connectivity index (χ1v) is 34.8. The molecule has 0 aromatic carbocycles. The second-order valence-corrected chi connectivity index (χ2v) is 38.4. The van der Waals surface area contributed by atoms with Gasteiger partial charge in [-0.25, -0.2) is 14.4 Å². The molecule has 0 aromatic rings. The number of nitrogens with one attached hydrogen (secondary N) is 4. The molecule has 2 aliphatic heterocycles. The molecule has 15 atom stereocenters. The van der Waals surface area contributed by atoms with E-state index in [0.29, 0.717) is 31.1 Å². The number of carbonyl (C=O) groups excluding carboxylic acids is 4. The third kappa shape index (κ3) is 19.9. The van der Waals surface area contributed by atoms with E-state index in [9.17, 15) is 54.9 Å². The average molecular weight is 1030 g/mol. The number of unbranched alkanes of at least 4 members (excludes halogenated alkanes) is 2.